The Morgan fingerprint density at radius 3 is 2.43 bits per heavy atom. The minimum Gasteiger partial charge on any atom is -0.305 e. The molecule has 0 aliphatic carbocycles. The van der Waals surface area contributed by atoms with Gasteiger partial charge in [0.05, 0.1) is 10.6 Å². The van der Waals surface area contributed by atoms with Crippen molar-refractivity contribution in [1.82, 2.24) is 0 Å². The maximum Gasteiger partial charge on any atom is 0.264 e. The van der Waals surface area contributed by atoms with Gasteiger partial charge in [-0.1, -0.05) is 36.4 Å². The summed E-state index contributed by atoms with van der Waals surface area (Å²) in [4.78, 5) is 15.4. The number of anilines is 2. The Bertz CT molecular complexity index is 1240. The van der Waals surface area contributed by atoms with Crippen LogP contribution >= 0.6 is 0 Å². The van der Waals surface area contributed by atoms with Crippen LogP contribution in [-0.4, -0.2) is 26.9 Å². The molecule has 0 N–H and O–H groups in total. The van der Waals surface area contributed by atoms with E-state index in [4.69, 9.17) is 0 Å². The highest BCUT2D eigenvalue weighted by Crippen LogP contribution is 2.36. The van der Waals surface area contributed by atoms with E-state index in [1.54, 1.807) is 42.5 Å². The summed E-state index contributed by atoms with van der Waals surface area (Å²) in [5, 5.41) is 0. The lowest BCUT2D eigenvalue weighted by Crippen LogP contribution is -2.35. The number of amides is 1. The second-order valence-electron chi connectivity index (χ2n) is 7.84. The van der Waals surface area contributed by atoms with Gasteiger partial charge in [0.15, 0.2) is 0 Å². The Hall–Kier alpha value is -3.12. The third-order valence-corrected chi connectivity index (χ3v) is 7.76. The van der Waals surface area contributed by atoms with Gasteiger partial charge < -0.3 is 4.90 Å². The fourth-order valence-corrected chi connectivity index (χ4v) is 6.01. The van der Waals surface area contributed by atoms with E-state index in [9.17, 15) is 13.2 Å². The molecule has 0 spiro atoms. The molecule has 3 aromatic rings. The molecule has 3 aromatic carbocycles. The number of para-hydroxylation sites is 1. The molecule has 2 heterocycles. The molecule has 0 radical (unpaired) electrons. The highest BCUT2D eigenvalue weighted by atomic mass is 32.2. The number of carbonyl (C=O) groups excluding carboxylic acids is 1. The first-order valence-corrected chi connectivity index (χ1v) is 11.5. The zero-order valence-electron chi connectivity index (χ0n) is 16.7. The van der Waals surface area contributed by atoms with Crippen LogP contribution in [0.15, 0.2) is 77.7 Å². The van der Waals surface area contributed by atoms with Gasteiger partial charge in [0.2, 0.25) is 0 Å². The monoisotopic (exact) mass is 418 g/mol. The van der Waals surface area contributed by atoms with E-state index < -0.39 is 10.0 Å². The van der Waals surface area contributed by atoms with Crippen molar-refractivity contribution < 1.29 is 13.2 Å². The highest BCUT2D eigenvalue weighted by molar-refractivity contribution is 7.92. The van der Waals surface area contributed by atoms with Crippen molar-refractivity contribution in [2.75, 3.05) is 15.7 Å². The third kappa shape index (κ3) is 2.91. The zero-order valence-corrected chi connectivity index (χ0v) is 17.5. The van der Waals surface area contributed by atoms with E-state index >= 15 is 0 Å². The molecule has 152 valence electrons. The Morgan fingerprint density at radius 2 is 1.63 bits per heavy atom. The van der Waals surface area contributed by atoms with Gasteiger partial charge in [-0.15, -0.1) is 0 Å². The van der Waals surface area contributed by atoms with Crippen molar-refractivity contribution in [2.24, 2.45) is 0 Å². The first kappa shape index (κ1) is 18.9. The SMILES string of the molecule is C[C@H]1Cc2ccccc2N1C(=O)c1ccc2c(c1)CCN2S(=O)(=O)c1ccccc1. The van der Waals surface area contributed by atoms with Gasteiger partial charge in [-0.2, -0.15) is 0 Å². The topological polar surface area (TPSA) is 57.7 Å². The summed E-state index contributed by atoms with van der Waals surface area (Å²) in [5.41, 5.74) is 4.28. The fourth-order valence-electron chi connectivity index (χ4n) is 4.49. The number of sulfonamides is 1. The molecule has 0 fully saturated rings. The summed E-state index contributed by atoms with van der Waals surface area (Å²) in [6.45, 7) is 2.44. The van der Waals surface area contributed by atoms with Crippen LogP contribution in [0.25, 0.3) is 0 Å². The van der Waals surface area contributed by atoms with Crippen LogP contribution in [0.1, 0.15) is 28.4 Å². The number of hydrogen-bond acceptors (Lipinski definition) is 3. The number of rotatable bonds is 3. The van der Waals surface area contributed by atoms with Crippen LogP contribution in [0.3, 0.4) is 0 Å². The molecule has 6 heteroatoms. The minimum atomic E-state index is -3.61. The third-order valence-electron chi connectivity index (χ3n) is 5.94. The van der Waals surface area contributed by atoms with Gasteiger partial charge in [0.25, 0.3) is 15.9 Å². The average Bonchev–Trinajstić information content (AvgIpc) is 3.34. The average molecular weight is 419 g/mol. The maximum atomic E-state index is 13.3. The summed E-state index contributed by atoms with van der Waals surface area (Å²) < 4.78 is 27.6. The summed E-state index contributed by atoms with van der Waals surface area (Å²) in [6.07, 6.45) is 1.44. The van der Waals surface area contributed by atoms with Crippen molar-refractivity contribution in [3.63, 3.8) is 0 Å². The van der Waals surface area contributed by atoms with Gasteiger partial charge >= 0.3 is 0 Å². The lowest BCUT2D eigenvalue weighted by molar-refractivity contribution is 0.0981. The van der Waals surface area contributed by atoms with Crippen LogP contribution < -0.4 is 9.21 Å². The quantitative estimate of drug-likeness (QED) is 0.645. The number of fused-ring (bicyclic) bond motifs is 2. The lowest BCUT2D eigenvalue weighted by atomic mass is 10.1. The lowest BCUT2D eigenvalue weighted by Gasteiger charge is -2.23. The second-order valence-corrected chi connectivity index (χ2v) is 9.70. The summed E-state index contributed by atoms with van der Waals surface area (Å²) in [6, 6.07) is 21.9. The van der Waals surface area contributed by atoms with Crippen molar-refractivity contribution in [1.29, 1.82) is 0 Å². The summed E-state index contributed by atoms with van der Waals surface area (Å²) in [7, 11) is -3.61. The molecule has 5 rings (SSSR count). The normalized spacial score (nSPS) is 17.7. The van der Waals surface area contributed by atoms with E-state index in [2.05, 4.69) is 13.0 Å². The molecule has 0 aromatic heterocycles. The van der Waals surface area contributed by atoms with Crippen molar-refractivity contribution in [3.8, 4) is 0 Å². The van der Waals surface area contributed by atoms with Gasteiger partial charge in [-0.3, -0.25) is 9.10 Å². The number of carbonyl (C=O) groups is 1. The molecule has 1 amide bonds. The summed E-state index contributed by atoms with van der Waals surface area (Å²) >= 11 is 0. The first-order chi connectivity index (χ1) is 14.5. The Kier molecular flexibility index (Phi) is 4.40. The van der Waals surface area contributed by atoms with Gasteiger partial charge in [0, 0.05) is 23.8 Å². The van der Waals surface area contributed by atoms with E-state index in [0.717, 1.165) is 17.7 Å². The molecule has 0 saturated heterocycles. The molecular weight excluding hydrogens is 396 g/mol. The molecule has 5 nitrogen and oxygen atoms in total. The number of hydrogen-bond donors (Lipinski definition) is 0. The van der Waals surface area contributed by atoms with E-state index in [-0.39, 0.29) is 16.8 Å². The van der Waals surface area contributed by atoms with Gasteiger partial charge in [-0.25, -0.2) is 8.42 Å². The first-order valence-electron chi connectivity index (χ1n) is 10.1. The molecular formula is C24H22N2O3S. The van der Waals surface area contributed by atoms with Gasteiger partial charge in [-0.05, 0) is 67.3 Å². The molecule has 2 aliphatic rings. The molecule has 0 unspecified atom stereocenters. The fraction of sp³-hybridized carbons (Fsp3) is 0.208. The minimum absolute atomic E-state index is 0.0420. The molecule has 0 saturated carbocycles. The van der Waals surface area contributed by atoms with Crippen LogP contribution in [-0.2, 0) is 22.9 Å². The molecule has 0 bridgehead atoms. The smallest absolute Gasteiger partial charge is 0.264 e. The summed E-state index contributed by atoms with van der Waals surface area (Å²) in [5.74, 6) is -0.0420. The Labute approximate surface area is 176 Å². The van der Waals surface area contributed by atoms with Crippen LogP contribution in [0.4, 0.5) is 11.4 Å². The maximum absolute atomic E-state index is 13.3. The highest BCUT2D eigenvalue weighted by Gasteiger charge is 2.34. The van der Waals surface area contributed by atoms with Crippen LogP contribution in [0.2, 0.25) is 0 Å². The van der Waals surface area contributed by atoms with Crippen molar-refractivity contribution in [2.45, 2.75) is 30.7 Å². The number of benzene rings is 3. The molecule has 30 heavy (non-hydrogen) atoms. The molecule has 2 aliphatic heterocycles. The Balaban J connectivity index is 1.47. The predicted octanol–water partition coefficient (Wildman–Crippen LogP) is 4.03. The zero-order chi connectivity index (χ0) is 20.9. The molecule has 1 atom stereocenters. The van der Waals surface area contributed by atoms with Crippen molar-refractivity contribution in [3.05, 3.63) is 89.5 Å². The van der Waals surface area contributed by atoms with Crippen LogP contribution in [0, 0.1) is 0 Å². The Morgan fingerprint density at radius 1 is 0.900 bits per heavy atom. The standard InChI is InChI=1S/C24H22N2O3S/c1-17-15-18-7-5-6-10-23(18)26(17)24(27)20-11-12-22-19(16-20)13-14-25(22)30(28,29)21-8-3-2-4-9-21/h2-12,16-17H,13-15H2,1H3/t17-/m0/s1. The van der Waals surface area contributed by atoms with E-state index in [0.29, 0.717) is 24.2 Å². The van der Waals surface area contributed by atoms with Crippen molar-refractivity contribution >= 4 is 27.3 Å². The largest absolute Gasteiger partial charge is 0.305 e. The van der Waals surface area contributed by atoms with E-state index in [1.165, 1.54) is 9.87 Å². The van der Waals surface area contributed by atoms with Crippen LogP contribution in [0.5, 0.6) is 0 Å². The number of nitrogens with zero attached hydrogens (tertiary/aromatic N) is 2. The van der Waals surface area contributed by atoms with E-state index in [1.807, 2.05) is 29.2 Å². The van der Waals surface area contributed by atoms with Gasteiger partial charge in [0.1, 0.15) is 0 Å². The second kappa shape index (κ2) is 6.99. The predicted molar refractivity (Wildman–Crippen MR) is 118 cm³/mol.